The van der Waals surface area contributed by atoms with Gasteiger partial charge in [-0.15, -0.1) is 0 Å². The van der Waals surface area contributed by atoms with Crippen LogP contribution in [0, 0.1) is 0 Å². The minimum atomic E-state index is -0.215. The molecule has 0 saturated heterocycles. The summed E-state index contributed by atoms with van der Waals surface area (Å²) in [7, 11) is 0. The normalized spacial score (nSPS) is 11.4. The van der Waals surface area contributed by atoms with Gasteiger partial charge in [0.25, 0.3) is 5.56 Å². The van der Waals surface area contributed by atoms with Gasteiger partial charge in [0.15, 0.2) is 0 Å². The minimum Gasteiger partial charge on any atom is -0.507 e. The van der Waals surface area contributed by atoms with Crippen LogP contribution >= 0.6 is 0 Å². The number of aromatic nitrogens is 1. The lowest BCUT2D eigenvalue weighted by atomic mass is 10.0. The molecular formula is C23H15NO2. The first-order valence-electron chi connectivity index (χ1n) is 8.49. The zero-order valence-corrected chi connectivity index (χ0v) is 13.9. The van der Waals surface area contributed by atoms with Gasteiger partial charge in [0, 0.05) is 16.8 Å². The van der Waals surface area contributed by atoms with Crippen molar-refractivity contribution in [3.05, 3.63) is 95.3 Å². The molecule has 0 spiro atoms. The number of hydrogen-bond donors (Lipinski definition) is 1. The quantitative estimate of drug-likeness (QED) is 0.438. The lowest BCUT2D eigenvalue weighted by Gasteiger charge is -2.14. The van der Waals surface area contributed by atoms with Gasteiger partial charge >= 0.3 is 0 Å². The number of nitrogens with zero attached hydrogens (tertiary/aromatic N) is 1. The van der Waals surface area contributed by atoms with Crippen molar-refractivity contribution in [3.63, 3.8) is 0 Å². The van der Waals surface area contributed by atoms with Gasteiger partial charge in [0.2, 0.25) is 0 Å². The summed E-state index contributed by atoms with van der Waals surface area (Å²) in [5, 5.41) is 13.7. The van der Waals surface area contributed by atoms with Crippen molar-refractivity contribution in [2.45, 2.75) is 0 Å². The zero-order chi connectivity index (χ0) is 17.7. The second-order valence-corrected chi connectivity index (χ2v) is 6.36. The van der Waals surface area contributed by atoms with Crippen molar-refractivity contribution < 1.29 is 5.11 Å². The molecule has 0 amide bonds. The molecule has 0 aliphatic heterocycles. The van der Waals surface area contributed by atoms with Gasteiger partial charge < -0.3 is 5.11 Å². The molecule has 0 atom stereocenters. The predicted octanol–water partition coefficient (Wildman–Crippen LogP) is 4.98. The summed E-state index contributed by atoms with van der Waals surface area (Å²) >= 11 is 0. The van der Waals surface area contributed by atoms with Gasteiger partial charge in [0.05, 0.1) is 16.6 Å². The standard InChI is InChI=1S/C23H15NO2/c25-21-14-20-18-12-5-4-10-16(18)17-11-6-7-13-19(17)24(20)23(26)22(21)15-8-2-1-3-9-15/h1-14,25H. The van der Waals surface area contributed by atoms with Gasteiger partial charge in [-0.2, -0.15) is 0 Å². The van der Waals surface area contributed by atoms with E-state index >= 15 is 0 Å². The van der Waals surface area contributed by atoms with E-state index in [0.29, 0.717) is 16.6 Å². The maximum atomic E-state index is 13.4. The monoisotopic (exact) mass is 337 g/mol. The molecule has 2 heterocycles. The molecule has 0 aliphatic rings. The van der Waals surface area contributed by atoms with Gasteiger partial charge in [-0.25, -0.2) is 0 Å². The Hall–Kier alpha value is -3.59. The molecule has 26 heavy (non-hydrogen) atoms. The second-order valence-electron chi connectivity index (χ2n) is 6.36. The highest BCUT2D eigenvalue weighted by atomic mass is 16.3. The van der Waals surface area contributed by atoms with Crippen molar-refractivity contribution in [1.29, 1.82) is 0 Å². The number of aromatic hydroxyl groups is 1. The molecular weight excluding hydrogens is 322 g/mol. The van der Waals surface area contributed by atoms with E-state index in [9.17, 15) is 9.90 Å². The van der Waals surface area contributed by atoms with Crippen LogP contribution in [0.2, 0.25) is 0 Å². The summed E-state index contributed by atoms with van der Waals surface area (Å²) in [6.07, 6.45) is 0. The fraction of sp³-hybridized carbons (Fsp3) is 0. The van der Waals surface area contributed by atoms with E-state index in [1.54, 1.807) is 10.5 Å². The molecule has 5 aromatic rings. The van der Waals surface area contributed by atoms with Crippen molar-refractivity contribution in [2.75, 3.05) is 0 Å². The Kier molecular flexibility index (Phi) is 3.09. The highest BCUT2D eigenvalue weighted by molar-refractivity contribution is 6.12. The van der Waals surface area contributed by atoms with E-state index in [2.05, 4.69) is 0 Å². The highest BCUT2D eigenvalue weighted by Gasteiger charge is 2.16. The number of para-hydroxylation sites is 1. The third-order valence-electron chi connectivity index (χ3n) is 4.89. The molecule has 124 valence electrons. The zero-order valence-electron chi connectivity index (χ0n) is 13.9. The first-order chi connectivity index (χ1) is 12.8. The maximum absolute atomic E-state index is 13.4. The lowest BCUT2D eigenvalue weighted by Crippen LogP contribution is -2.17. The van der Waals surface area contributed by atoms with E-state index in [0.717, 1.165) is 21.7 Å². The molecule has 0 unspecified atom stereocenters. The summed E-state index contributed by atoms with van der Waals surface area (Å²) in [6.45, 7) is 0. The number of fused-ring (bicyclic) bond motifs is 6. The molecule has 0 aliphatic carbocycles. The lowest BCUT2D eigenvalue weighted by molar-refractivity contribution is 0.476. The number of rotatable bonds is 1. The van der Waals surface area contributed by atoms with Crippen molar-refractivity contribution in [3.8, 4) is 16.9 Å². The summed E-state index contributed by atoms with van der Waals surface area (Å²) in [4.78, 5) is 13.4. The predicted molar refractivity (Wildman–Crippen MR) is 106 cm³/mol. The van der Waals surface area contributed by atoms with Crippen LogP contribution in [0.1, 0.15) is 0 Å². The van der Waals surface area contributed by atoms with Crippen molar-refractivity contribution in [2.24, 2.45) is 0 Å². The second kappa shape index (κ2) is 5.46. The van der Waals surface area contributed by atoms with Crippen LogP contribution in [0.4, 0.5) is 0 Å². The summed E-state index contributed by atoms with van der Waals surface area (Å²) < 4.78 is 1.71. The third kappa shape index (κ3) is 1.97. The van der Waals surface area contributed by atoms with E-state index < -0.39 is 0 Å². The average Bonchev–Trinajstić information content (AvgIpc) is 2.69. The summed E-state index contributed by atoms with van der Waals surface area (Å²) in [5.74, 6) is 0.00151. The van der Waals surface area contributed by atoms with E-state index in [4.69, 9.17) is 0 Å². The van der Waals surface area contributed by atoms with Gasteiger partial charge in [-0.05, 0) is 17.0 Å². The molecule has 0 saturated carbocycles. The fourth-order valence-electron chi connectivity index (χ4n) is 3.75. The average molecular weight is 337 g/mol. The molecule has 2 aromatic heterocycles. The van der Waals surface area contributed by atoms with Crippen LogP contribution in [-0.2, 0) is 0 Å². The van der Waals surface area contributed by atoms with Crippen LogP contribution in [0.25, 0.3) is 38.3 Å². The van der Waals surface area contributed by atoms with Gasteiger partial charge in [-0.3, -0.25) is 9.20 Å². The summed E-state index contributed by atoms with van der Waals surface area (Å²) in [6, 6.07) is 26.8. The molecule has 5 rings (SSSR count). The van der Waals surface area contributed by atoms with Crippen molar-refractivity contribution >= 4 is 27.2 Å². The van der Waals surface area contributed by atoms with Crippen LogP contribution in [0.5, 0.6) is 5.75 Å². The number of benzene rings is 3. The Labute approximate surface area is 149 Å². The van der Waals surface area contributed by atoms with Crippen LogP contribution in [0.15, 0.2) is 89.7 Å². The Bertz CT molecular complexity index is 1350. The van der Waals surface area contributed by atoms with E-state index in [-0.39, 0.29) is 11.3 Å². The molecule has 3 aromatic carbocycles. The molecule has 0 radical (unpaired) electrons. The SMILES string of the molecule is O=c1c(-c2ccccc2)c(O)cc2c3ccccc3c3ccccc3n12. The first-order valence-corrected chi connectivity index (χ1v) is 8.49. The Morgan fingerprint density at radius 1 is 0.654 bits per heavy atom. The maximum Gasteiger partial charge on any atom is 0.267 e. The van der Waals surface area contributed by atoms with Gasteiger partial charge in [0.1, 0.15) is 5.75 Å². The number of pyridine rings is 2. The number of hydrogen-bond acceptors (Lipinski definition) is 2. The van der Waals surface area contributed by atoms with E-state index in [1.165, 1.54) is 0 Å². The summed E-state index contributed by atoms with van der Waals surface area (Å²) in [5.41, 5.74) is 2.36. The largest absolute Gasteiger partial charge is 0.507 e. The highest BCUT2D eigenvalue weighted by Crippen LogP contribution is 2.33. The van der Waals surface area contributed by atoms with Crippen molar-refractivity contribution in [1.82, 2.24) is 4.40 Å². The smallest absolute Gasteiger partial charge is 0.267 e. The molecule has 1 N–H and O–H groups in total. The Balaban J connectivity index is 2.08. The van der Waals surface area contributed by atoms with Crippen LogP contribution < -0.4 is 5.56 Å². The molecule has 0 fully saturated rings. The topological polar surface area (TPSA) is 41.7 Å². The van der Waals surface area contributed by atoms with Gasteiger partial charge in [-0.1, -0.05) is 72.8 Å². The Morgan fingerprint density at radius 3 is 1.96 bits per heavy atom. The fourth-order valence-corrected chi connectivity index (χ4v) is 3.75. The molecule has 0 bridgehead atoms. The molecule has 3 heteroatoms. The van der Waals surface area contributed by atoms with E-state index in [1.807, 2.05) is 78.9 Å². The molecule has 3 nitrogen and oxygen atoms in total. The third-order valence-corrected chi connectivity index (χ3v) is 4.89. The van der Waals surface area contributed by atoms with Crippen LogP contribution in [0.3, 0.4) is 0 Å². The Morgan fingerprint density at radius 2 is 1.23 bits per heavy atom. The van der Waals surface area contributed by atoms with Crippen LogP contribution in [-0.4, -0.2) is 9.51 Å². The minimum absolute atomic E-state index is 0.00151. The first kappa shape index (κ1) is 14.7.